The summed E-state index contributed by atoms with van der Waals surface area (Å²) < 4.78 is 11.4. The number of amides is 4. The summed E-state index contributed by atoms with van der Waals surface area (Å²) >= 11 is 1.37. The second-order valence-corrected chi connectivity index (χ2v) is 13.9. The molecular formula is C33H41N5O5S. The fourth-order valence-electron chi connectivity index (χ4n) is 5.26. The lowest BCUT2D eigenvalue weighted by molar-refractivity contribution is -0.133. The van der Waals surface area contributed by atoms with Gasteiger partial charge in [0.25, 0.3) is 5.91 Å². The molecule has 0 atom stereocenters. The number of aromatic nitrogens is 1. The Hall–Kier alpha value is -3.96. The van der Waals surface area contributed by atoms with Gasteiger partial charge in [-0.25, -0.2) is 9.78 Å². The molecule has 0 bridgehead atoms. The molecule has 5 rings (SSSR count). The van der Waals surface area contributed by atoms with Crippen LogP contribution in [-0.4, -0.2) is 65.7 Å². The average molecular weight is 620 g/mol. The SMILES string of the molecule is Cc1ccc(NC(=O)Nc2sc(C(C)(C)C)cc2C(=O)N2CCNC(=O)C2(C)C)cc1-c1ccc(OC2CCOCC2)nc1. The highest BCUT2D eigenvalue weighted by atomic mass is 32.1. The molecule has 4 amide bonds. The zero-order valence-corrected chi connectivity index (χ0v) is 27.0. The molecule has 2 aliphatic heterocycles. The van der Waals surface area contributed by atoms with Crippen molar-refractivity contribution in [3.05, 3.63) is 58.6 Å². The zero-order valence-electron chi connectivity index (χ0n) is 26.2. The van der Waals surface area contributed by atoms with Crippen molar-refractivity contribution in [3.63, 3.8) is 0 Å². The Morgan fingerprint density at radius 2 is 1.86 bits per heavy atom. The number of urea groups is 1. The first-order chi connectivity index (χ1) is 20.8. The Bertz CT molecular complexity index is 1540. The minimum atomic E-state index is -1.01. The number of nitrogens with one attached hydrogen (secondary N) is 3. The Balaban J connectivity index is 1.33. The Labute approximate surface area is 262 Å². The molecule has 2 aliphatic rings. The van der Waals surface area contributed by atoms with Gasteiger partial charge in [-0.1, -0.05) is 26.8 Å². The Morgan fingerprint density at radius 1 is 1.11 bits per heavy atom. The van der Waals surface area contributed by atoms with E-state index in [1.165, 1.54) is 11.3 Å². The van der Waals surface area contributed by atoms with Gasteiger partial charge in [-0.3, -0.25) is 14.9 Å². The lowest BCUT2D eigenvalue weighted by Crippen LogP contribution is -2.63. The van der Waals surface area contributed by atoms with Gasteiger partial charge in [0.15, 0.2) is 0 Å². The van der Waals surface area contributed by atoms with Gasteiger partial charge in [0.2, 0.25) is 11.8 Å². The van der Waals surface area contributed by atoms with E-state index in [-0.39, 0.29) is 23.3 Å². The Kier molecular flexibility index (Phi) is 8.99. The van der Waals surface area contributed by atoms with Crippen LogP contribution in [0.5, 0.6) is 5.88 Å². The number of piperazine rings is 1. The van der Waals surface area contributed by atoms with Crippen LogP contribution in [0, 0.1) is 6.92 Å². The summed E-state index contributed by atoms with van der Waals surface area (Å²) in [6, 6.07) is 10.9. The number of nitrogens with zero attached hydrogens (tertiary/aromatic N) is 2. The first kappa shape index (κ1) is 31.5. The third-order valence-corrected chi connectivity index (χ3v) is 9.50. The standard InChI is InChI=1S/C33H41N5O5S/c1-20-7-9-22(17-24(20)21-8-10-27(35-19-21)43-23-11-15-42-16-12-23)36-31(41)37-28-25(18-26(44-28)32(2,3)4)29(39)38-14-13-34-30(40)33(38,5)6/h7-10,17-19,23H,11-16H2,1-6H3,(H,34,40)(H2,36,37,41). The van der Waals surface area contributed by atoms with E-state index in [1.807, 2.05) is 43.3 Å². The summed E-state index contributed by atoms with van der Waals surface area (Å²) in [6.07, 6.45) is 3.59. The molecule has 0 spiro atoms. The van der Waals surface area contributed by atoms with Crippen molar-refractivity contribution in [3.8, 4) is 17.0 Å². The predicted molar refractivity (Wildman–Crippen MR) is 173 cm³/mol. The number of aryl methyl sites for hydroxylation is 1. The van der Waals surface area contributed by atoms with Crippen LogP contribution in [0.4, 0.5) is 15.5 Å². The first-order valence-electron chi connectivity index (χ1n) is 15.0. The number of ether oxygens (including phenoxy) is 2. The third-order valence-electron chi connectivity index (χ3n) is 8.02. The minimum Gasteiger partial charge on any atom is -0.474 e. The highest BCUT2D eigenvalue weighted by Gasteiger charge is 2.42. The molecular weight excluding hydrogens is 578 g/mol. The zero-order chi connectivity index (χ0) is 31.6. The number of hydrogen-bond acceptors (Lipinski definition) is 7. The summed E-state index contributed by atoms with van der Waals surface area (Å²) in [5.74, 6) is 0.0835. The topological polar surface area (TPSA) is 122 Å². The van der Waals surface area contributed by atoms with Gasteiger partial charge in [0, 0.05) is 54.3 Å². The minimum absolute atomic E-state index is 0.111. The lowest BCUT2D eigenvalue weighted by Gasteiger charge is -2.41. The number of hydrogen-bond donors (Lipinski definition) is 3. The number of carbonyl (C=O) groups excluding carboxylic acids is 3. The van der Waals surface area contributed by atoms with Crippen LogP contribution in [-0.2, 0) is 14.9 Å². The fraction of sp³-hybridized carbons (Fsp3) is 0.455. The van der Waals surface area contributed by atoms with Crippen LogP contribution in [0.15, 0.2) is 42.6 Å². The summed E-state index contributed by atoms with van der Waals surface area (Å²) in [5.41, 5.74) is 2.58. The van der Waals surface area contributed by atoms with Crippen LogP contribution in [0.3, 0.4) is 0 Å². The van der Waals surface area contributed by atoms with Crippen LogP contribution in [0.25, 0.3) is 11.1 Å². The van der Waals surface area contributed by atoms with Gasteiger partial charge >= 0.3 is 6.03 Å². The molecule has 234 valence electrons. The molecule has 2 saturated heterocycles. The van der Waals surface area contributed by atoms with E-state index in [1.54, 1.807) is 24.9 Å². The number of pyridine rings is 1. The molecule has 2 aromatic heterocycles. The molecule has 1 aromatic carbocycles. The van der Waals surface area contributed by atoms with Crippen molar-refractivity contribution in [2.45, 2.75) is 71.4 Å². The van der Waals surface area contributed by atoms with Gasteiger partial charge in [-0.05, 0) is 61.6 Å². The largest absolute Gasteiger partial charge is 0.474 e. The van der Waals surface area contributed by atoms with Gasteiger partial charge in [0.05, 0.1) is 18.8 Å². The second kappa shape index (κ2) is 12.6. The van der Waals surface area contributed by atoms with E-state index in [0.717, 1.165) is 34.4 Å². The monoisotopic (exact) mass is 619 g/mol. The molecule has 3 aromatic rings. The van der Waals surface area contributed by atoms with E-state index in [0.29, 0.717) is 48.4 Å². The molecule has 11 heteroatoms. The van der Waals surface area contributed by atoms with Gasteiger partial charge in [-0.15, -0.1) is 11.3 Å². The van der Waals surface area contributed by atoms with Crippen molar-refractivity contribution in [1.82, 2.24) is 15.2 Å². The van der Waals surface area contributed by atoms with Crippen LogP contribution < -0.4 is 20.7 Å². The number of thiophene rings is 1. The summed E-state index contributed by atoms with van der Waals surface area (Å²) in [4.78, 5) is 46.7. The number of rotatable bonds is 6. The number of carbonyl (C=O) groups is 3. The van der Waals surface area contributed by atoms with Gasteiger partial charge in [-0.2, -0.15) is 0 Å². The van der Waals surface area contributed by atoms with Crippen LogP contribution in [0.2, 0.25) is 0 Å². The highest BCUT2D eigenvalue weighted by Crippen LogP contribution is 2.38. The second-order valence-electron chi connectivity index (χ2n) is 12.8. The van der Waals surface area contributed by atoms with Crippen molar-refractivity contribution in [2.75, 3.05) is 36.9 Å². The smallest absolute Gasteiger partial charge is 0.324 e. The van der Waals surface area contributed by atoms with E-state index in [9.17, 15) is 14.4 Å². The fourth-order valence-corrected chi connectivity index (χ4v) is 6.37. The van der Waals surface area contributed by atoms with Crippen LogP contribution in [0.1, 0.15) is 68.3 Å². The van der Waals surface area contributed by atoms with Crippen molar-refractivity contribution in [1.29, 1.82) is 0 Å². The summed E-state index contributed by atoms with van der Waals surface area (Å²) in [5, 5.41) is 9.10. The predicted octanol–water partition coefficient (Wildman–Crippen LogP) is 5.97. The third kappa shape index (κ3) is 6.89. The van der Waals surface area contributed by atoms with Crippen molar-refractivity contribution >= 4 is 39.9 Å². The van der Waals surface area contributed by atoms with E-state index < -0.39 is 11.6 Å². The molecule has 0 aliphatic carbocycles. The number of benzene rings is 1. The summed E-state index contributed by atoms with van der Waals surface area (Å²) in [6.45, 7) is 13.8. The quantitative estimate of drug-likeness (QED) is 0.313. The maximum Gasteiger partial charge on any atom is 0.324 e. The molecule has 0 unspecified atom stereocenters. The molecule has 4 heterocycles. The summed E-state index contributed by atoms with van der Waals surface area (Å²) in [7, 11) is 0. The number of anilines is 2. The average Bonchev–Trinajstić information content (AvgIpc) is 3.40. The molecule has 3 N–H and O–H groups in total. The maximum absolute atomic E-state index is 13.8. The molecule has 0 radical (unpaired) electrons. The van der Waals surface area contributed by atoms with Gasteiger partial charge < -0.3 is 25.0 Å². The lowest BCUT2D eigenvalue weighted by atomic mass is 9.93. The molecule has 10 nitrogen and oxygen atoms in total. The van der Waals surface area contributed by atoms with Gasteiger partial charge in [0.1, 0.15) is 16.6 Å². The maximum atomic E-state index is 13.8. The van der Waals surface area contributed by atoms with E-state index in [4.69, 9.17) is 9.47 Å². The first-order valence-corrected chi connectivity index (χ1v) is 15.8. The highest BCUT2D eigenvalue weighted by molar-refractivity contribution is 7.16. The van der Waals surface area contributed by atoms with Crippen molar-refractivity contribution in [2.24, 2.45) is 0 Å². The van der Waals surface area contributed by atoms with E-state index in [2.05, 4.69) is 41.7 Å². The molecule has 2 fully saturated rings. The molecule has 0 saturated carbocycles. The normalized spacial score (nSPS) is 17.1. The Morgan fingerprint density at radius 3 is 2.55 bits per heavy atom. The van der Waals surface area contributed by atoms with Crippen molar-refractivity contribution < 1.29 is 23.9 Å². The molecule has 44 heavy (non-hydrogen) atoms. The van der Waals surface area contributed by atoms with Crippen LogP contribution >= 0.6 is 11.3 Å². The van der Waals surface area contributed by atoms with E-state index >= 15 is 0 Å².